The number of nitrogens with one attached hydrogen (secondary N) is 4. The van der Waals surface area contributed by atoms with E-state index in [1.807, 2.05) is 32.0 Å². The van der Waals surface area contributed by atoms with E-state index in [4.69, 9.17) is 4.74 Å². The van der Waals surface area contributed by atoms with Crippen molar-refractivity contribution in [2.24, 2.45) is 5.92 Å². The number of benzene rings is 1. The SMILES string of the molecule is CCC(C)Nc1cc(C(=O)NC[C@H](Cc2ccccc2[C@@H]2NC3CCC2CC3)OC(=O)C(F)(F)F)cc(NCS(C)(=O)=O)n1. The predicted molar refractivity (Wildman–Crippen MR) is 161 cm³/mol. The highest BCUT2D eigenvalue weighted by Gasteiger charge is 2.43. The van der Waals surface area contributed by atoms with Gasteiger partial charge in [0, 0.05) is 36.4 Å². The lowest BCUT2D eigenvalue weighted by molar-refractivity contribution is -0.204. The average Bonchev–Trinajstić information content (AvgIpc) is 2.98. The monoisotopic (exact) mass is 639 g/mol. The Hall–Kier alpha value is -3.39. The van der Waals surface area contributed by atoms with Gasteiger partial charge in [0.15, 0.2) is 9.84 Å². The molecule has 1 unspecified atom stereocenters. The summed E-state index contributed by atoms with van der Waals surface area (Å²) in [6, 6.07) is 10.7. The van der Waals surface area contributed by atoms with Crippen LogP contribution in [0.3, 0.4) is 0 Å². The molecule has 2 aromatic rings. The second-order valence-corrected chi connectivity index (χ2v) is 13.9. The Labute approximate surface area is 255 Å². The molecule has 5 rings (SSSR count). The van der Waals surface area contributed by atoms with Gasteiger partial charge in [-0.1, -0.05) is 31.2 Å². The molecular formula is C30H40F3N5O5S. The first-order chi connectivity index (χ1) is 20.7. The van der Waals surface area contributed by atoms with E-state index in [-0.39, 0.29) is 36.4 Å². The summed E-state index contributed by atoms with van der Waals surface area (Å²) in [6.45, 7) is 3.47. The minimum atomic E-state index is -5.20. The fraction of sp³-hybridized carbons (Fsp3) is 0.567. The molecule has 1 saturated carbocycles. The molecule has 1 amide bonds. The lowest BCUT2D eigenvalue weighted by Gasteiger charge is -2.44. The minimum absolute atomic E-state index is 0.0105. The number of ether oxygens (including phenoxy) is 1. The number of amides is 1. The van der Waals surface area contributed by atoms with Crippen LogP contribution in [-0.2, 0) is 25.8 Å². The summed E-state index contributed by atoms with van der Waals surface area (Å²) in [5.74, 6) is -2.56. The Bertz CT molecular complexity index is 1430. The maximum atomic E-state index is 13.3. The molecule has 0 radical (unpaired) electrons. The molecule has 242 valence electrons. The van der Waals surface area contributed by atoms with Crippen molar-refractivity contribution in [3.8, 4) is 0 Å². The molecule has 2 saturated heterocycles. The van der Waals surface area contributed by atoms with Crippen LogP contribution in [0.4, 0.5) is 24.8 Å². The number of nitrogens with zero attached hydrogens (tertiary/aromatic N) is 1. The van der Waals surface area contributed by atoms with E-state index >= 15 is 0 Å². The van der Waals surface area contributed by atoms with Crippen LogP contribution in [0, 0.1) is 5.92 Å². The summed E-state index contributed by atoms with van der Waals surface area (Å²) in [5.41, 5.74) is 1.78. The van der Waals surface area contributed by atoms with Crippen molar-refractivity contribution >= 4 is 33.3 Å². The molecule has 3 atom stereocenters. The number of fused-ring (bicyclic) bond motifs is 3. The van der Waals surface area contributed by atoms with Gasteiger partial charge in [-0.3, -0.25) is 4.79 Å². The molecule has 1 aliphatic carbocycles. The molecule has 1 aromatic heterocycles. The number of carbonyl (C=O) groups excluding carboxylic acids is 2. The number of rotatable bonds is 13. The summed E-state index contributed by atoms with van der Waals surface area (Å²) in [7, 11) is -3.40. The molecule has 1 aromatic carbocycles. The van der Waals surface area contributed by atoms with Crippen molar-refractivity contribution in [3.05, 3.63) is 53.1 Å². The zero-order valence-corrected chi connectivity index (χ0v) is 25.9. The summed E-state index contributed by atoms with van der Waals surface area (Å²) in [5, 5.41) is 12.1. The van der Waals surface area contributed by atoms with E-state index in [2.05, 4.69) is 26.3 Å². The average molecular weight is 640 g/mol. The number of hydrogen-bond donors (Lipinski definition) is 4. The van der Waals surface area contributed by atoms with Crippen molar-refractivity contribution in [1.82, 2.24) is 15.6 Å². The van der Waals surface area contributed by atoms with Gasteiger partial charge in [0.1, 0.15) is 23.6 Å². The van der Waals surface area contributed by atoms with Gasteiger partial charge in [0.05, 0.1) is 6.54 Å². The van der Waals surface area contributed by atoms with Crippen LogP contribution in [-0.4, -0.2) is 68.3 Å². The molecule has 0 spiro atoms. The third-order valence-electron chi connectivity index (χ3n) is 8.10. The number of alkyl halides is 3. The number of anilines is 2. The Balaban J connectivity index is 1.54. The molecule has 10 nitrogen and oxygen atoms in total. The maximum absolute atomic E-state index is 13.3. The maximum Gasteiger partial charge on any atom is 0.490 e. The van der Waals surface area contributed by atoms with Gasteiger partial charge < -0.3 is 26.0 Å². The number of carbonyl (C=O) groups is 2. The van der Waals surface area contributed by atoms with Crippen molar-refractivity contribution in [2.45, 2.75) is 82.8 Å². The number of hydrogen-bond acceptors (Lipinski definition) is 9. The quantitative estimate of drug-likeness (QED) is 0.236. The van der Waals surface area contributed by atoms with Crippen LogP contribution < -0.4 is 21.3 Å². The van der Waals surface area contributed by atoms with E-state index in [0.717, 1.165) is 49.5 Å². The Kier molecular flexibility index (Phi) is 10.8. The molecule has 4 N–H and O–H groups in total. The lowest BCUT2D eigenvalue weighted by atomic mass is 9.73. The summed E-state index contributed by atoms with van der Waals surface area (Å²) in [4.78, 5) is 29.5. The number of halogens is 3. The van der Waals surface area contributed by atoms with Crippen LogP contribution >= 0.6 is 0 Å². The van der Waals surface area contributed by atoms with Gasteiger partial charge >= 0.3 is 12.1 Å². The first-order valence-corrected chi connectivity index (χ1v) is 16.9. The van der Waals surface area contributed by atoms with Crippen molar-refractivity contribution < 1.29 is 35.9 Å². The highest BCUT2D eigenvalue weighted by Crippen LogP contribution is 2.41. The second-order valence-electron chi connectivity index (χ2n) is 11.7. The fourth-order valence-corrected chi connectivity index (χ4v) is 6.10. The van der Waals surface area contributed by atoms with Gasteiger partial charge in [-0.2, -0.15) is 13.2 Å². The van der Waals surface area contributed by atoms with E-state index in [0.29, 0.717) is 17.8 Å². The van der Waals surface area contributed by atoms with Gasteiger partial charge in [-0.15, -0.1) is 0 Å². The lowest BCUT2D eigenvalue weighted by Crippen LogP contribution is -2.47. The van der Waals surface area contributed by atoms with Crippen LogP contribution in [0.1, 0.15) is 73.5 Å². The molecule has 2 aliphatic heterocycles. The number of sulfone groups is 1. The van der Waals surface area contributed by atoms with Crippen LogP contribution in [0.2, 0.25) is 0 Å². The molecule has 44 heavy (non-hydrogen) atoms. The zero-order valence-electron chi connectivity index (χ0n) is 25.0. The third kappa shape index (κ3) is 9.31. The van der Waals surface area contributed by atoms with Gasteiger partial charge in [0.25, 0.3) is 5.91 Å². The summed E-state index contributed by atoms with van der Waals surface area (Å²) in [6.07, 6.45) is -0.427. The largest absolute Gasteiger partial charge is 0.490 e. The number of pyridine rings is 1. The topological polar surface area (TPSA) is 139 Å². The van der Waals surface area contributed by atoms with Gasteiger partial charge in [-0.25, -0.2) is 18.2 Å². The van der Waals surface area contributed by atoms with Crippen LogP contribution in [0.5, 0.6) is 0 Å². The molecule has 3 aliphatic rings. The number of esters is 1. The van der Waals surface area contributed by atoms with Gasteiger partial charge in [0.2, 0.25) is 0 Å². The van der Waals surface area contributed by atoms with E-state index in [1.54, 1.807) is 6.07 Å². The van der Waals surface area contributed by atoms with Crippen molar-refractivity contribution in [2.75, 3.05) is 29.3 Å². The molecule has 2 bridgehead atoms. The van der Waals surface area contributed by atoms with Crippen LogP contribution in [0.25, 0.3) is 0 Å². The van der Waals surface area contributed by atoms with Crippen molar-refractivity contribution in [3.63, 3.8) is 0 Å². The van der Waals surface area contributed by atoms with Crippen LogP contribution in [0.15, 0.2) is 36.4 Å². The molecular weight excluding hydrogens is 599 g/mol. The highest BCUT2D eigenvalue weighted by molar-refractivity contribution is 7.90. The van der Waals surface area contributed by atoms with E-state index in [1.165, 1.54) is 12.1 Å². The first-order valence-electron chi connectivity index (χ1n) is 14.8. The smallest absolute Gasteiger partial charge is 0.453 e. The second kappa shape index (κ2) is 14.1. The Morgan fingerprint density at radius 3 is 2.41 bits per heavy atom. The first kappa shape index (κ1) is 33.5. The Morgan fingerprint density at radius 1 is 1.11 bits per heavy atom. The Morgan fingerprint density at radius 2 is 1.80 bits per heavy atom. The predicted octanol–water partition coefficient (Wildman–Crippen LogP) is 4.36. The standard InChI is InChI=1S/C30H40F3N5O5S/c1-4-18(2)36-26-15-21(14-25(38-26)35-17-44(3,41)42)28(39)34-16-23(43-29(40)30(31,32)33)13-20-7-5-6-8-24(20)27-19-9-11-22(37-27)12-10-19/h5-8,14-15,18-19,22-23,27,37H,4,9-13,16-17H2,1-3H3,(H,34,39)(H2,35,36,38)/t18?,19?,22?,23-,27+/m0/s1. The van der Waals surface area contributed by atoms with Gasteiger partial charge in [-0.05, 0) is 68.2 Å². The molecule has 3 heterocycles. The molecule has 14 heteroatoms. The van der Waals surface area contributed by atoms with Crippen molar-refractivity contribution in [1.29, 1.82) is 0 Å². The summed E-state index contributed by atoms with van der Waals surface area (Å²) < 4.78 is 67.9. The minimum Gasteiger partial charge on any atom is -0.453 e. The zero-order chi connectivity index (χ0) is 32.1. The van der Waals surface area contributed by atoms with E-state index < -0.39 is 39.9 Å². The number of aromatic nitrogens is 1. The normalized spacial score (nSPS) is 21.3. The third-order valence-corrected chi connectivity index (χ3v) is 8.77. The number of piperidine rings is 2. The fourth-order valence-electron chi connectivity index (χ4n) is 5.69. The highest BCUT2D eigenvalue weighted by atomic mass is 32.2. The van der Waals surface area contributed by atoms with E-state index in [9.17, 15) is 31.2 Å². The molecule has 3 fully saturated rings. The summed E-state index contributed by atoms with van der Waals surface area (Å²) >= 11 is 0.